The van der Waals surface area contributed by atoms with Gasteiger partial charge >= 0.3 is 0 Å². The molecule has 0 fully saturated rings. The maximum atomic E-state index is 12.4. The minimum atomic E-state index is -3.90. The van der Waals surface area contributed by atoms with E-state index in [9.17, 15) is 18.0 Å². The Bertz CT molecular complexity index is 947. The van der Waals surface area contributed by atoms with E-state index < -0.39 is 15.9 Å². The van der Waals surface area contributed by atoms with Gasteiger partial charge in [0.25, 0.3) is 15.9 Å². The third kappa shape index (κ3) is 5.25. The number of sulfonamides is 1. The predicted molar refractivity (Wildman–Crippen MR) is 110 cm³/mol. The van der Waals surface area contributed by atoms with Crippen molar-refractivity contribution in [2.75, 3.05) is 5.32 Å². The van der Waals surface area contributed by atoms with Crippen LogP contribution in [0.2, 0.25) is 0 Å². The summed E-state index contributed by atoms with van der Waals surface area (Å²) in [7, 11) is -3.90. The topological polar surface area (TPSA) is 92.3 Å². The monoisotopic (exact) mass is 600 g/mol. The Balaban J connectivity index is 2.22. The molecule has 2 aromatic rings. The molecule has 0 aliphatic heterocycles. The summed E-state index contributed by atoms with van der Waals surface area (Å²) >= 11 is 8.78. The van der Waals surface area contributed by atoms with E-state index in [1.54, 1.807) is 6.07 Å². The molecule has 0 spiro atoms. The van der Waals surface area contributed by atoms with Gasteiger partial charge in [-0.25, -0.2) is 13.1 Å². The first kappa shape index (κ1) is 20.3. The summed E-state index contributed by atoms with van der Waals surface area (Å²) in [5, 5.41) is 2.71. The fraction of sp³-hybridized carbons (Fsp3) is 0.0667. The molecule has 0 saturated carbocycles. The second kappa shape index (κ2) is 8.14. The lowest BCUT2D eigenvalue weighted by Gasteiger charge is -2.10. The van der Waals surface area contributed by atoms with Crippen LogP contribution in [0.1, 0.15) is 17.3 Å². The zero-order valence-electron chi connectivity index (χ0n) is 12.6. The van der Waals surface area contributed by atoms with Crippen molar-refractivity contribution >= 4 is 82.0 Å². The normalized spacial score (nSPS) is 11.0. The predicted octanol–water partition coefficient (Wildman–Crippen LogP) is 3.89. The van der Waals surface area contributed by atoms with Crippen molar-refractivity contribution < 1.29 is 18.0 Å². The van der Waals surface area contributed by atoms with Crippen LogP contribution in [-0.2, 0) is 14.8 Å². The Labute approximate surface area is 175 Å². The second-order valence-corrected chi connectivity index (χ2v) is 9.42. The fourth-order valence-electron chi connectivity index (χ4n) is 1.89. The number of rotatable bonds is 4. The lowest BCUT2D eigenvalue weighted by Crippen LogP contribution is -2.28. The molecule has 0 radical (unpaired) electrons. The first-order valence-corrected chi connectivity index (χ1v) is 10.8. The van der Waals surface area contributed by atoms with Gasteiger partial charge < -0.3 is 5.32 Å². The minimum Gasteiger partial charge on any atom is -0.322 e. The third-order valence-corrected chi connectivity index (χ3v) is 7.37. The summed E-state index contributed by atoms with van der Waals surface area (Å²) in [5.41, 5.74) is 0.899. The van der Waals surface area contributed by atoms with E-state index in [0.717, 1.165) is 19.4 Å². The number of amides is 2. The number of nitrogens with one attached hydrogen (secondary N) is 2. The van der Waals surface area contributed by atoms with Crippen molar-refractivity contribution in [1.29, 1.82) is 0 Å². The molecule has 2 aromatic carbocycles. The van der Waals surface area contributed by atoms with E-state index in [-0.39, 0.29) is 10.8 Å². The Morgan fingerprint density at radius 3 is 2.24 bits per heavy atom. The number of halogens is 3. The van der Waals surface area contributed by atoms with Crippen LogP contribution < -0.4 is 10.0 Å². The van der Waals surface area contributed by atoms with Crippen molar-refractivity contribution in [3.63, 3.8) is 0 Å². The van der Waals surface area contributed by atoms with Crippen LogP contribution in [0.25, 0.3) is 0 Å². The van der Waals surface area contributed by atoms with E-state index in [1.807, 2.05) is 10.8 Å². The Morgan fingerprint density at radius 2 is 1.68 bits per heavy atom. The van der Waals surface area contributed by atoms with Crippen molar-refractivity contribution in [2.45, 2.75) is 11.8 Å². The minimum absolute atomic E-state index is 0.0690. The highest BCUT2D eigenvalue weighted by atomic mass is 127. The van der Waals surface area contributed by atoms with Gasteiger partial charge in [-0.1, -0.05) is 15.9 Å². The maximum Gasteiger partial charge on any atom is 0.264 e. The van der Waals surface area contributed by atoms with E-state index in [0.29, 0.717) is 11.3 Å². The molecule has 0 unspecified atom stereocenters. The number of hydrogen-bond acceptors (Lipinski definition) is 4. The fourth-order valence-corrected chi connectivity index (χ4v) is 4.66. The highest BCUT2D eigenvalue weighted by molar-refractivity contribution is 14.1. The Morgan fingerprint density at radius 1 is 1.08 bits per heavy atom. The van der Waals surface area contributed by atoms with Crippen LogP contribution >= 0.6 is 54.5 Å². The molecule has 2 N–H and O–H groups in total. The largest absolute Gasteiger partial charge is 0.322 e. The van der Waals surface area contributed by atoms with Gasteiger partial charge in [-0.15, -0.1) is 0 Å². The quantitative estimate of drug-likeness (QED) is 0.411. The Kier molecular flexibility index (Phi) is 6.62. The van der Waals surface area contributed by atoms with Gasteiger partial charge in [0.2, 0.25) is 5.91 Å². The average molecular weight is 602 g/mol. The summed E-state index contributed by atoms with van der Waals surface area (Å²) in [5.74, 6) is -1.00. The molecule has 2 rings (SSSR count). The molecule has 0 aromatic heterocycles. The molecule has 10 heteroatoms. The molecular formula is C15H11Br2IN2O4S. The molecule has 0 atom stereocenters. The van der Waals surface area contributed by atoms with E-state index in [1.165, 1.54) is 24.3 Å². The number of carbonyl (C=O) groups is 2. The van der Waals surface area contributed by atoms with Crippen LogP contribution in [0, 0.1) is 3.57 Å². The van der Waals surface area contributed by atoms with Crippen molar-refractivity contribution in [1.82, 2.24) is 4.72 Å². The summed E-state index contributed by atoms with van der Waals surface area (Å²) < 4.78 is 27.9. The number of benzene rings is 2. The molecule has 25 heavy (non-hydrogen) atoms. The first-order chi connectivity index (χ1) is 11.6. The van der Waals surface area contributed by atoms with Crippen molar-refractivity contribution in [2.24, 2.45) is 0 Å². The molecule has 6 nitrogen and oxygen atoms in total. The zero-order chi connectivity index (χ0) is 18.8. The molecule has 0 bridgehead atoms. The van der Waals surface area contributed by atoms with Gasteiger partial charge in [-0.05, 0) is 74.9 Å². The van der Waals surface area contributed by atoms with Gasteiger partial charge in [-0.3, -0.25) is 9.59 Å². The smallest absolute Gasteiger partial charge is 0.264 e. The molecule has 2 amide bonds. The van der Waals surface area contributed by atoms with Crippen LogP contribution in [0.5, 0.6) is 0 Å². The molecule has 0 saturated heterocycles. The average Bonchev–Trinajstić information content (AvgIpc) is 2.50. The van der Waals surface area contributed by atoms with Gasteiger partial charge in [0.05, 0.1) is 10.5 Å². The summed E-state index contributed by atoms with van der Waals surface area (Å²) in [4.78, 5) is 23.3. The third-order valence-electron chi connectivity index (χ3n) is 2.94. The van der Waals surface area contributed by atoms with E-state index >= 15 is 0 Å². The van der Waals surface area contributed by atoms with Gasteiger partial charge in [0.1, 0.15) is 0 Å². The van der Waals surface area contributed by atoms with E-state index in [4.69, 9.17) is 0 Å². The second-order valence-electron chi connectivity index (χ2n) is 4.89. The molecule has 0 aliphatic rings. The van der Waals surface area contributed by atoms with Crippen LogP contribution in [0.15, 0.2) is 50.2 Å². The van der Waals surface area contributed by atoms with Crippen molar-refractivity contribution in [3.8, 4) is 0 Å². The van der Waals surface area contributed by atoms with E-state index in [2.05, 4.69) is 59.8 Å². The first-order valence-electron chi connectivity index (χ1n) is 6.69. The van der Waals surface area contributed by atoms with Gasteiger partial charge in [0.15, 0.2) is 0 Å². The highest BCUT2D eigenvalue weighted by Crippen LogP contribution is 2.28. The molecular weight excluding hydrogens is 591 g/mol. The molecule has 132 valence electrons. The maximum absolute atomic E-state index is 12.4. The number of anilines is 1. The molecule has 0 aliphatic carbocycles. The SMILES string of the molecule is CC(=O)NS(=O)(=O)c1ccc(NC(=O)c2cc(Br)cc(Br)c2I)cc1. The number of hydrogen-bond donors (Lipinski definition) is 2. The lowest BCUT2D eigenvalue weighted by atomic mass is 10.2. The van der Waals surface area contributed by atoms with Crippen LogP contribution in [0.3, 0.4) is 0 Å². The Hall–Kier alpha value is -0.980. The molecule has 0 heterocycles. The summed E-state index contributed by atoms with van der Waals surface area (Å²) in [6.07, 6.45) is 0. The van der Waals surface area contributed by atoms with Crippen LogP contribution in [0.4, 0.5) is 5.69 Å². The zero-order valence-corrected chi connectivity index (χ0v) is 18.8. The van der Waals surface area contributed by atoms with Gasteiger partial charge in [-0.2, -0.15) is 0 Å². The standard InChI is InChI=1S/C15H11Br2IN2O4S/c1-8(21)20-25(23,24)11-4-2-10(3-5-11)19-15(22)12-6-9(16)7-13(17)14(12)18/h2-7H,1H3,(H,19,22)(H,20,21). The summed E-state index contributed by atoms with van der Waals surface area (Å²) in [6, 6.07) is 9.04. The van der Waals surface area contributed by atoms with Crippen LogP contribution in [-0.4, -0.2) is 20.2 Å². The summed E-state index contributed by atoms with van der Waals surface area (Å²) in [6.45, 7) is 1.11. The van der Waals surface area contributed by atoms with Gasteiger partial charge in [0, 0.05) is 25.1 Å². The van der Waals surface area contributed by atoms with Crippen molar-refractivity contribution in [3.05, 3.63) is 54.5 Å². The number of carbonyl (C=O) groups excluding carboxylic acids is 2. The lowest BCUT2D eigenvalue weighted by molar-refractivity contribution is -0.117. The highest BCUT2D eigenvalue weighted by Gasteiger charge is 2.17.